The third-order valence-corrected chi connectivity index (χ3v) is 9.80. The average molecular weight is 787 g/mol. The highest BCUT2D eigenvalue weighted by Crippen LogP contribution is 2.37. The van der Waals surface area contributed by atoms with Crippen molar-refractivity contribution in [1.82, 2.24) is 9.97 Å². The number of aliphatic hydroxyl groups is 1. The van der Waals surface area contributed by atoms with Gasteiger partial charge in [-0.3, -0.25) is 9.97 Å². The summed E-state index contributed by atoms with van der Waals surface area (Å²) in [6.45, 7) is 4.87. The van der Waals surface area contributed by atoms with E-state index in [0.717, 1.165) is 44.5 Å². The number of benzene rings is 4. The van der Waals surface area contributed by atoms with Crippen molar-refractivity contribution in [2.75, 3.05) is 0 Å². The summed E-state index contributed by atoms with van der Waals surface area (Å²) in [6.07, 6.45) is 6.25. The van der Waals surface area contributed by atoms with Crippen LogP contribution in [-0.4, -0.2) is 15.1 Å². The lowest BCUT2D eigenvalue weighted by Gasteiger charge is -2.18. The van der Waals surface area contributed by atoms with E-state index in [4.69, 9.17) is 47.9 Å². The van der Waals surface area contributed by atoms with Crippen molar-refractivity contribution < 1.29 is 24.1 Å². The minimum absolute atomic E-state index is 0.142. The molecule has 2 heterocycles. The largest absolute Gasteiger partial charge is 0.488 e. The van der Waals surface area contributed by atoms with E-state index in [1.165, 1.54) is 12.4 Å². The molecule has 0 aliphatic carbocycles. The highest BCUT2D eigenvalue weighted by molar-refractivity contribution is 6.32. The lowest BCUT2D eigenvalue weighted by atomic mass is 9.92. The molecule has 3 N–H and O–H groups in total. The van der Waals surface area contributed by atoms with Gasteiger partial charge in [-0.15, -0.1) is 0 Å². The molecule has 0 aliphatic rings. The van der Waals surface area contributed by atoms with Crippen LogP contribution in [0.15, 0.2) is 97.6 Å². The van der Waals surface area contributed by atoms with Gasteiger partial charge in [-0.25, -0.2) is 0 Å². The number of aromatic nitrogens is 2. The second-order valence-corrected chi connectivity index (χ2v) is 13.7. The number of hydrogen-bond donors (Lipinski definition) is 2. The Labute approximate surface area is 335 Å². The molecular formula is C44H37Cl2N5O5. The van der Waals surface area contributed by atoms with E-state index >= 15 is 0 Å². The van der Waals surface area contributed by atoms with Gasteiger partial charge in [0.25, 0.3) is 0 Å². The first kappa shape index (κ1) is 39.6. The predicted octanol–water partition coefficient (Wildman–Crippen LogP) is 9.08. The van der Waals surface area contributed by atoms with Crippen molar-refractivity contribution in [1.29, 1.82) is 10.5 Å². The van der Waals surface area contributed by atoms with Gasteiger partial charge in [-0.05, 0) is 71.5 Å². The molecule has 4 aromatic carbocycles. The lowest BCUT2D eigenvalue weighted by Crippen LogP contribution is -2.05. The van der Waals surface area contributed by atoms with Gasteiger partial charge in [0.05, 0.1) is 27.8 Å². The molecular weight excluding hydrogens is 749 g/mol. The molecule has 0 saturated heterocycles. The van der Waals surface area contributed by atoms with Crippen LogP contribution in [0.1, 0.15) is 55.6 Å². The molecule has 0 amide bonds. The minimum atomic E-state index is -0.280. The maximum Gasteiger partial charge on any atom is 0.142 e. The van der Waals surface area contributed by atoms with E-state index in [1.54, 1.807) is 48.8 Å². The second-order valence-electron chi connectivity index (χ2n) is 12.9. The highest BCUT2D eigenvalue weighted by Gasteiger charge is 2.16. The Hall–Kier alpha value is -6.14. The number of halogens is 2. The first-order valence-electron chi connectivity index (χ1n) is 17.5. The summed E-state index contributed by atoms with van der Waals surface area (Å²) in [5.74, 6) is 1.80. The smallest absolute Gasteiger partial charge is 0.142 e. The Kier molecular flexibility index (Phi) is 13.0. The summed E-state index contributed by atoms with van der Waals surface area (Å²) < 4.78 is 24.6. The standard InChI is InChI=1S/C44H37Cl2N5O5/c1-27-33(25-55-43-13-41(35(17-49)11-39(43)45)53-23-31-9-29(15-47)18-50-20-31)5-3-7-37(27)38-8-4-6-34(28(38)2)26-56-44-14-42(36(22-52)12-40(44)46)54-24-32-10-30(16-48)19-51-21-32/h3-14,18-21,52H,17,22-26,49H2,1-2H3. The number of ether oxygens (including phenoxy) is 4. The van der Waals surface area contributed by atoms with Crippen molar-refractivity contribution in [3.05, 3.63) is 163 Å². The van der Waals surface area contributed by atoms with Gasteiger partial charge >= 0.3 is 0 Å². The molecule has 56 heavy (non-hydrogen) atoms. The van der Waals surface area contributed by atoms with Crippen LogP contribution < -0.4 is 24.7 Å². The second kappa shape index (κ2) is 18.5. The number of nitrogens with two attached hydrogens (primary N) is 1. The molecule has 0 unspecified atom stereocenters. The van der Waals surface area contributed by atoms with Crippen LogP contribution in [0, 0.1) is 36.5 Å². The molecule has 6 rings (SSSR count). The zero-order valence-corrected chi connectivity index (χ0v) is 32.2. The zero-order chi connectivity index (χ0) is 39.6. The van der Waals surface area contributed by atoms with E-state index in [0.29, 0.717) is 55.3 Å². The van der Waals surface area contributed by atoms with Crippen molar-refractivity contribution in [3.8, 4) is 46.3 Å². The lowest BCUT2D eigenvalue weighted by molar-refractivity contribution is 0.255. The van der Waals surface area contributed by atoms with Crippen LogP contribution in [0.3, 0.4) is 0 Å². The van der Waals surface area contributed by atoms with Gasteiger partial charge < -0.3 is 29.8 Å². The van der Waals surface area contributed by atoms with E-state index < -0.39 is 0 Å². The third-order valence-electron chi connectivity index (χ3n) is 9.21. The molecule has 0 saturated carbocycles. The maximum atomic E-state index is 9.97. The Morgan fingerprint density at radius 1 is 0.589 bits per heavy atom. The number of rotatable bonds is 15. The van der Waals surface area contributed by atoms with Crippen LogP contribution in [0.5, 0.6) is 23.0 Å². The van der Waals surface area contributed by atoms with Crippen LogP contribution in [0.4, 0.5) is 0 Å². The van der Waals surface area contributed by atoms with Crippen molar-refractivity contribution >= 4 is 23.2 Å². The number of aliphatic hydroxyl groups excluding tert-OH is 1. The number of nitrogens with zero attached hydrogens (tertiary/aromatic N) is 4. The first-order valence-corrected chi connectivity index (χ1v) is 18.3. The molecule has 2 aromatic heterocycles. The van der Waals surface area contributed by atoms with Gasteiger partial charge in [0.2, 0.25) is 0 Å². The SMILES string of the molecule is Cc1c(COc2cc(OCc3cncc(C#N)c3)c(CN)cc2Cl)cccc1-c1cccc(COc2cc(OCc3cncc(C#N)c3)c(CO)cc2Cl)c1C. The van der Waals surface area contributed by atoms with Gasteiger partial charge in [0.1, 0.15) is 61.6 Å². The minimum Gasteiger partial charge on any atom is -0.488 e. The van der Waals surface area contributed by atoms with E-state index in [9.17, 15) is 15.6 Å². The van der Waals surface area contributed by atoms with Crippen LogP contribution in [0.2, 0.25) is 10.0 Å². The molecule has 12 heteroatoms. The van der Waals surface area contributed by atoms with E-state index in [2.05, 4.69) is 48.1 Å². The fourth-order valence-electron chi connectivity index (χ4n) is 6.08. The normalized spacial score (nSPS) is 10.7. The van der Waals surface area contributed by atoms with Crippen molar-refractivity contribution in [2.24, 2.45) is 5.73 Å². The molecule has 0 atom stereocenters. The summed E-state index contributed by atoms with van der Waals surface area (Å²) >= 11 is 13.2. The average Bonchev–Trinajstić information content (AvgIpc) is 3.22. The number of pyridine rings is 2. The molecule has 0 radical (unpaired) electrons. The van der Waals surface area contributed by atoms with Crippen LogP contribution >= 0.6 is 23.2 Å². The first-order chi connectivity index (χ1) is 27.2. The Bertz CT molecular complexity index is 2290. The summed E-state index contributed by atoms with van der Waals surface area (Å²) in [7, 11) is 0. The molecule has 6 aromatic rings. The summed E-state index contributed by atoms with van der Waals surface area (Å²) in [6, 6.07) is 26.5. The number of nitriles is 2. The van der Waals surface area contributed by atoms with Gasteiger partial charge in [-0.1, -0.05) is 59.6 Å². The molecule has 0 spiro atoms. The fraction of sp³-hybridized carbons (Fsp3) is 0.182. The monoisotopic (exact) mass is 785 g/mol. The number of hydrogen-bond acceptors (Lipinski definition) is 10. The van der Waals surface area contributed by atoms with Crippen LogP contribution in [0.25, 0.3) is 11.1 Å². The fourth-order valence-corrected chi connectivity index (χ4v) is 6.56. The quantitative estimate of drug-likeness (QED) is 0.103. The molecule has 0 fully saturated rings. The molecule has 0 bridgehead atoms. The van der Waals surface area contributed by atoms with Crippen molar-refractivity contribution in [2.45, 2.75) is 53.4 Å². The molecule has 10 nitrogen and oxygen atoms in total. The molecule has 282 valence electrons. The zero-order valence-electron chi connectivity index (χ0n) is 30.7. The topological polar surface area (TPSA) is 157 Å². The Morgan fingerprint density at radius 3 is 1.48 bits per heavy atom. The summed E-state index contributed by atoms with van der Waals surface area (Å²) in [5, 5.41) is 29.1. The van der Waals surface area contributed by atoms with E-state index in [-0.39, 0.29) is 39.6 Å². The van der Waals surface area contributed by atoms with Crippen LogP contribution in [-0.2, 0) is 39.6 Å². The van der Waals surface area contributed by atoms with Gasteiger partial charge in [0.15, 0.2) is 0 Å². The van der Waals surface area contributed by atoms with Crippen molar-refractivity contribution in [3.63, 3.8) is 0 Å². The Balaban J connectivity index is 1.16. The summed E-state index contributed by atoms with van der Waals surface area (Å²) in [4.78, 5) is 8.18. The van der Waals surface area contributed by atoms with Gasteiger partial charge in [0, 0.05) is 65.7 Å². The maximum absolute atomic E-state index is 9.97. The predicted molar refractivity (Wildman–Crippen MR) is 213 cm³/mol. The van der Waals surface area contributed by atoms with Gasteiger partial charge in [-0.2, -0.15) is 10.5 Å². The third kappa shape index (κ3) is 9.38. The molecule has 0 aliphatic heterocycles. The van der Waals surface area contributed by atoms with E-state index in [1.807, 2.05) is 24.3 Å². The Morgan fingerprint density at radius 2 is 1.04 bits per heavy atom. The highest BCUT2D eigenvalue weighted by atomic mass is 35.5. The summed E-state index contributed by atoms with van der Waals surface area (Å²) in [5.41, 5.74) is 15.7.